The zero-order valence-electron chi connectivity index (χ0n) is 10.7. The van der Waals surface area contributed by atoms with Crippen molar-refractivity contribution in [2.75, 3.05) is 7.11 Å². The highest BCUT2D eigenvalue weighted by Crippen LogP contribution is 2.20. The van der Waals surface area contributed by atoms with Crippen molar-refractivity contribution < 1.29 is 13.9 Å². The topological polar surface area (TPSA) is 44.5 Å². The summed E-state index contributed by atoms with van der Waals surface area (Å²) in [5.41, 5.74) is 6.72. The van der Waals surface area contributed by atoms with E-state index in [2.05, 4.69) is 0 Å². The summed E-state index contributed by atoms with van der Waals surface area (Å²) in [6, 6.07) is 12.1. The molecule has 0 aliphatic carbocycles. The Kier molecular flexibility index (Phi) is 4.36. The van der Waals surface area contributed by atoms with Gasteiger partial charge in [0.25, 0.3) is 0 Å². The van der Waals surface area contributed by atoms with Crippen molar-refractivity contribution in [3.8, 4) is 11.5 Å². The predicted octanol–water partition coefficient (Wildman–Crippen LogP) is 2.87. The Morgan fingerprint density at radius 2 is 1.89 bits per heavy atom. The molecule has 2 N–H and O–H groups in total. The van der Waals surface area contributed by atoms with Crippen LogP contribution in [0.3, 0.4) is 0 Å². The van der Waals surface area contributed by atoms with E-state index in [9.17, 15) is 4.39 Å². The molecule has 0 bridgehead atoms. The van der Waals surface area contributed by atoms with Crippen LogP contribution in [0, 0.1) is 5.82 Å². The minimum Gasteiger partial charge on any atom is -0.497 e. The molecule has 3 nitrogen and oxygen atoms in total. The maximum absolute atomic E-state index is 13.7. The van der Waals surface area contributed by atoms with Crippen LogP contribution in [0.1, 0.15) is 11.1 Å². The maximum Gasteiger partial charge on any atom is 0.130 e. The maximum atomic E-state index is 13.7. The van der Waals surface area contributed by atoms with Gasteiger partial charge in [-0.05, 0) is 23.8 Å². The van der Waals surface area contributed by atoms with Gasteiger partial charge in [-0.2, -0.15) is 0 Å². The van der Waals surface area contributed by atoms with Gasteiger partial charge in [-0.3, -0.25) is 0 Å². The smallest absolute Gasteiger partial charge is 0.130 e. The fourth-order valence-corrected chi connectivity index (χ4v) is 1.69. The second kappa shape index (κ2) is 6.20. The number of halogens is 1. The summed E-state index contributed by atoms with van der Waals surface area (Å²) in [7, 11) is 1.59. The lowest BCUT2D eigenvalue weighted by Crippen LogP contribution is -2.02. The Labute approximate surface area is 111 Å². The van der Waals surface area contributed by atoms with Crippen molar-refractivity contribution >= 4 is 0 Å². The summed E-state index contributed by atoms with van der Waals surface area (Å²) in [5.74, 6) is 1.05. The highest BCUT2D eigenvalue weighted by atomic mass is 19.1. The summed E-state index contributed by atoms with van der Waals surface area (Å²) in [4.78, 5) is 0. The van der Waals surface area contributed by atoms with Gasteiger partial charge in [-0.1, -0.05) is 18.2 Å². The Morgan fingerprint density at radius 1 is 1.11 bits per heavy atom. The fraction of sp³-hybridized carbons (Fsp3) is 0.200. The minimum absolute atomic E-state index is 0.170. The van der Waals surface area contributed by atoms with Crippen molar-refractivity contribution in [1.82, 2.24) is 0 Å². The highest BCUT2D eigenvalue weighted by molar-refractivity contribution is 5.33. The second-order valence-corrected chi connectivity index (χ2v) is 4.10. The number of methoxy groups -OCH3 is 1. The molecular formula is C15H16FNO2. The normalized spacial score (nSPS) is 10.3. The van der Waals surface area contributed by atoms with Gasteiger partial charge in [0.15, 0.2) is 0 Å². The van der Waals surface area contributed by atoms with Crippen LogP contribution >= 0.6 is 0 Å². The molecule has 0 saturated carbocycles. The van der Waals surface area contributed by atoms with E-state index in [4.69, 9.17) is 15.2 Å². The van der Waals surface area contributed by atoms with Crippen molar-refractivity contribution in [3.05, 3.63) is 59.4 Å². The van der Waals surface area contributed by atoms with E-state index >= 15 is 0 Å². The van der Waals surface area contributed by atoms with Crippen LogP contribution in [0.25, 0.3) is 0 Å². The van der Waals surface area contributed by atoms with Crippen LogP contribution in [0.15, 0.2) is 42.5 Å². The summed E-state index contributed by atoms with van der Waals surface area (Å²) < 4.78 is 24.4. The monoisotopic (exact) mass is 261 g/mol. The molecule has 0 aliphatic heterocycles. The van der Waals surface area contributed by atoms with Crippen LogP contribution in [0.5, 0.6) is 11.5 Å². The molecule has 0 aromatic heterocycles. The minimum atomic E-state index is -0.300. The average Bonchev–Trinajstić information content (AvgIpc) is 2.46. The van der Waals surface area contributed by atoms with Crippen LogP contribution in [0.2, 0.25) is 0 Å². The number of hydrogen-bond acceptors (Lipinski definition) is 3. The lowest BCUT2D eigenvalue weighted by Gasteiger charge is -2.09. The molecule has 100 valence electrons. The molecule has 0 saturated heterocycles. The molecule has 0 heterocycles. The van der Waals surface area contributed by atoms with Gasteiger partial charge < -0.3 is 15.2 Å². The largest absolute Gasteiger partial charge is 0.497 e. The van der Waals surface area contributed by atoms with Gasteiger partial charge in [0, 0.05) is 18.2 Å². The molecule has 0 unspecified atom stereocenters. The number of hydrogen-bond donors (Lipinski definition) is 1. The van der Waals surface area contributed by atoms with Gasteiger partial charge in [-0.25, -0.2) is 4.39 Å². The molecule has 19 heavy (non-hydrogen) atoms. The molecular weight excluding hydrogens is 245 g/mol. The number of nitrogens with two attached hydrogens (primary N) is 1. The summed E-state index contributed by atoms with van der Waals surface area (Å²) in [5, 5.41) is 0. The zero-order chi connectivity index (χ0) is 13.7. The zero-order valence-corrected chi connectivity index (χ0v) is 10.7. The third-order valence-electron chi connectivity index (χ3n) is 2.79. The average molecular weight is 261 g/mol. The van der Waals surface area contributed by atoms with Crippen molar-refractivity contribution in [2.45, 2.75) is 13.2 Å². The summed E-state index contributed by atoms with van der Waals surface area (Å²) >= 11 is 0. The van der Waals surface area contributed by atoms with E-state index in [0.29, 0.717) is 23.6 Å². The molecule has 2 aromatic carbocycles. The molecule has 0 fully saturated rings. The van der Waals surface area contributed by atoms with Gasteiger partial charge in [0.1, 0.15) is 23.9 Å². The molecule has 2 aromatic rings. The summed E-state index contributed by atoms with van der Waals surface area (Å²) in [6.45, 7) is 0.498. The predicted molar refractivity (Wildman–Crippen MR) is 71.6 cm³/mol. The van der Waals surface area contributed by atoms with Crippen LogP contribution in [-0.4, -0.2) is 7.11 Å². The molecule has 0 amide bonds. The fourth-order valence-electron chi connectivity index (χ4n) is 1.69. The van der Waals surface area contributed by atoms with Gasteiger partial charge in [0.05, 0.1) is 7.11 Å². The van der Waals surface area contributed by atoms with Gasteiger partial charge in [0.2, 0.25) is 0 Å². The molecule has 0 aliphatic rings. The first-order chi connectivity index (χ1) is 9.22. The van der Waals surface area contributed by atoms with Gasteiger partial charge in [-0.15, -0.1) is 0 Å². The quantitative estimate of drug-likeness (QED) is 0.900. The Balaban J connectivity index is 2.05. The standard InChI is InChI=1S/C15H16FNO2/c1-18-13-3-2-4-14(8-13)19-10-12-6-5-11(9-17)7-15(12)16/h2-8H,9-10,17H2,1H3. The van der Waals surface area contributed by atoms with Crippen molar-refractivity contribution in [3.63, 3.8) is 0 Å². The van der Waals surface area contributed by atoms with Crippen LogP contribution < -0.4 is 15.2 Å². The lowest BCUT2D eigenvalue weighted by atomic mass is 10.1. The number of rotatable bonds is 5. The molecule has 2 rings (SSSR count). The highest BCUT2D eigenvalue weighted by Gasteiger charge is 2.04. The van der Waals surface area contributed by atoms with Crippen LogP contribution in [-0.2, 0) is 13.2 Å². The van der Waals surface area contributed by atoms with E-state index in [1.54, 1.807) is 31.4 Å². The van der Waals surface area contributed by atoms with Gasteiger partial charge >= 0.3 is 0 Å². The molecule has 4 heteroatoms. The van der Waals surface area contributed by atoms with E-state index < -0.39 is 0 Å². The van der Waals surface area contributed by atoms with E-state index in [1.807, 2.05) is 12.1 Å². The molecule has 0 atom stereocenters. The molecule has 0 radical (unpaired) electrons. The molecule has 0 spiro atoms. The first kappa shape index (κ1) is 13.4. The summed E-state index contributed by atoms with van der Waals surface area (Å²) in [6.07, 6.45) is 0. The van der Waals surface area contributed by atoms with Crippen molar-refractivity contribution in [1.29, 1.82) is 0 Å². The third kappa shape index (κ3) is 3.45. The SMILES string of the molecule is COc1cccc(OCc2ccc(CN)cc2F)c1. The Hall–Kier alpha value is -2.07. The number of ether oxygens (including phenoxy) is 2. The number of benzene rings is 2. The third-order valence-corrected chi connectivity index (χ3v) is 2.79. The second-order valence-electron chi connectivity index (χ2n) is 4.10. The van der Waals surface area contributed by atoms with E-state index in [-0.39, 0.29) is 12.4 Å². The first-order valence-electron chi connectivity index (χ1n) is 5.97. The first-order valence-corrected chi connectivity index (χ1v) is 5.97. The van der Waals surface area contributed by atoms with Crippen molar-refractivity contribution in [2.24, 2.45) is 5.73 Å². The Morgan fingerprint density at radius 3 is 2.58 bits per heavy atom. The lowest BCUT2D eigenvalue weighted by molar-refractivity contribution is 0.297. The van der Waals surface area contributed by atoms with Crippen LogP contribution in [0.4, 0.5) is 4.39 Å². The van der Waals surface area contributed by atoms with E-state index in [1.165, 1.54) is 6.07 Å². The van der Waals surface area contributed by atoms with E-state index in [0.717, 1.165) is 5.56 Å². The Bertz CT molecular complexity index is 558.